The maximum atomic E-state index is 5.70. The Morgan fingerprint density at radius 3 is 3.00 bits per heavy atom. The molecule has 2 heterocycles. The molecule has 2 atom stereocenters. The number of nitrogens with one attached hydrogen (secondary N) is 1. The van der Waals surface area contributed by atoms with Crippen LogP contribution in [0.25, 0.3) is 0 Å². The Labute approximate surface area is 101 Å². The Morgan fingerprint density at radius 1 is 1.31 bits per heavy atom. The maximum Gasteiger partial charge on any atom is 0.157 e. The minimum atomic E-state index is 0.414. The largest absolute Gasteiger partial charge is 0.376 e. The van der Waals surface area contributed by atoms with E-state index in [1.165, 1.54) is 32.1 Å². The van der Waals surface area contributed by atoms with Gasteiger partial charge in [0.2, 0.25) is 0 Å². The first kappa shape index (κ1) is 10.9. The fourth-order valence-electron chi connectivity index (χ4n) is 2.37. The molecule has 2 unspecified atom stereocenters. The second kappa shape index (κ2) is 4.96. The van der Waals surface area contributed by atoms with E-state index < -0.39 is 0 Å². The van der Waals surface area contributed by atoms with E-state index in [2.05, 4.69) is 10.3 Å². The summed E-state index contributed by atoms with van der Waals surface area (Å²) < 4.78 is 5.70. The van der Waals surface area contributed by atoms with Gasteiger partial charge in [-0.3, -0.25) is 4.99 Å². The molecule has 1 saturated heterocycles. The van der Waals surface area contributed by atoms with E-state index in [4.69, 9.17) is 4.74 Å². The van der Waals surface area contributed by atoms with Crippen molar-refractivity contribution >= 4 is 16.9 Å². The van der Waals surface area contributed by atoms with Crippen LogP contribution in [0.15, 0.2) is 4.99 Å². The first-order valence-electron chi connectivity index (χ1n) is 6.48. The molecule has 0 aromatic heterocycles. The first-order valence-corrected chi connectivity index (χ1v) is 7.36. The molecule has 2 fully saturated rings. The van der Waals surface area contributed by atoms with Gasteiger partial charge in [-0.05, 0) is 38.0 Å². The highest BCUT2D eigenvalue weighted by Gasteiger charge is 2.35. The summed E-state index contributed by atoms with van der Waals surface area (Å²) in [5, 5.41) is 5.38. The Morgan fingerprint density at radius 2 is 2.25 bits per heavy atom. The minimum Gasteiger partial charge on any atom is -0.376 e. The van der Waals surface area contributed by atoms with Crippen molar-refractivity contribution in [2.24, 2.45) is 10.9 Å². The van der Waals surface area contributed by atoms with Crippen LogP contribution in [0.2, 0.25) is 0 Å². The Hall–Kier alpha value is -0.220. The third kappa shape index (κ3) is 2.72. The smallest absolute Gasteiger partial charge is 0.157 e. The van der Waals surface area contributed by atoms with E-state index in [1.807, 2.05) is 11.8 Å². The summed E-state index contributed by atoms with van der Waals surface area (Å²) >= 11 is 1.95. The van der Waals surface area contributed by atoms with E-state index in [1.54, 1.807) is 0 Å². The van der Waals surface area contributed by atoms with Crippen molar-refractivity contribution in [1.82, 2.24) is 5.32 Å². The third-order valence-corrected chi connectivity index (χ3v) is 4.91. The van der Waals surface area contributed by atoms with Gasteiger partial charge in [0.05, 0.1) is 12.6 Å². The fourth-order valence-corrected chi connectivity index (χ4v) is 3.59. The lowest BCUT2D eigenvalue weighted by Gasteiger charge is -2.23. The number of hydrogen-bond donors (Lipinski definition) is 1. The molecule has 2 aliphatic heterocycles. The van der Waals surface area contributed by atoms with Gasteiger partial charge in [0.25, 0.3) is 0 Å². The number of aliphatic imine (C=N–C) groups is 1. The van der Waals surface area contributed by atoms with Crippen molar-refractivity contribution in [2.75, 3.05) is 19.7 Å². The molecule has 0 aromatic carbocycles. The molecule has 0 radical (unpaired) electrons. The van der Waals surface area contributed by atoms with Gasteiger partial charge in [0.15, 0.2) is 5.17 Å². The summed E-state index contributed by atoms with van der Waals surface area (Å²) in [5.41, 5.74) is 0. The second-order valence-corrected chi connectivity index (χ2v) is 6.24. The number of rotatable bonds is 3. The number of amidine groups is 1. The summed E-state index contributed by atoms with van der Waals surface area (Å²) in [7, 11) is 0. The van der Waals surface area contributed by atoms with E-state index in [-0.39, 0.29) is 0 Å². The molecule has 3 nitrogen and oxygen atoms in total. The van der Waals surface area contributed by atoms with E-state index in [0.29, 0.717) is 6.10 Å². The van der Waals surface area contributed by atoms with Crippen molar-refractivity contribution in [3.05, 3.63) is 0 Å². The molecule has 1 N–H and O–H groups in total. The van der Waals surface area contributed by atoms with Crippen LogP contribution >= 0.6 is 11.8 Å². The Balaban J connectivity index is 1.38. The highest BCUT2D eigenvalue weighted by Crippen LogP contribution is 2.41. The molecule has 1 saturated carbocycles. The molecule has 4 heteroatoms. The van der Waals surface area contributed by atoms with Gasteiger partial charge in [-0.1, -0.05) is 11.8 Å². The van der Waals surface area contributed by atoms with Crippen molar-refractivity contribution in [3.8, 4) is 0 Å². The van der Waals surface area contributed by atoms with Crippen LogP contribution in [0, 0.1) is 5.92 Å². The van der Waals surface area contributed by atoms with E-state index >= 15 is 0 Å². The quantitative estimate of drug-likeness (QED) is 0.819. The zero-order valence-electron chi connectivity index (χ0n) is 9.65. The molecule has 3 rings (SSSR count). The lowest BCUT2D eigenvalue weighted by Crippen LogP contribution is -2.34. The molecule has 0 spiro atoms. The molecule has 3 aliphatic rings. The molecule has 90 valence electrons. The van der Waals surface area contributed by atoms with Crippen LogP contribution in [0.5, 0.6) is 0 Å². The van der Waals surface area contributed by atoms with E-state index in [9.17, 15) is 0 Å². The van der Waals surface area contributed by atoms with Crippen molar-refractivity contribution in [2.45, 2.75) is 43.5 Å². The SMILES string of the molecule is C1CCC(CNC2=NCC(C3CC3)S2)OC1. The lowest BCUT2D eigenvalue weighted by molar-refractivity contribution is 0.0197. The lowest BCUT2D eigenvalue weighted by atomic mass is 10.1. The summed E-state index contributed by atoms with van der Waals surface area (Å²) in [4.78, 5) is 4.58. The van der Waals surface area contributed by atoms with Crippen LogP contribution in [0.3, 0.4) is 0 Å². The predicted octanol–water partition coefficient (Wildman–Crippen LogP) is 2.03. The zero-order valence-corrected chi connectivity index (χ0v) is 10.5. The second-order valence-electron chi connectivity index (χ2n) is 5.01. The van der Waals surface area contributed by atoms with Gasteiger partial charge in [0.1, 0.15) is 0 Å². The van der Waals surface area contributed by atoms with Gasteiger partial charge in [0, 0.05) is 18.4 Å². The van der Waals surface area contributed by atoms with Crippen molar-refractivity contribution in [1.29, 1.82) is 0 Å². The van der Waals surface area contributed by atoms with Gasteiger partial charge in [-0.2, -0.15) is 0 Å². The van der Waals surface area contributed by atoms with Crippen LogP contribution in [0.4, 0.5) is 0 Å². The molecule has 0 aromatic rings. The molecule has 0 bridgehead atoms. The molecular weight excluding hydrogens is 220 g/mol. The average molecular weight is 240 g/mol. The first-order chi connectivity index (χ1) is 7.92. The summed E-state index contributed by atoms with van der Waals surface area (Å²) in [5.74, 6) is 0.957. The van der Waals surface area contributed by atoms with Crippen LogP contribution < -0.4 is 5.32 Å². The van der Waals surface area contributed by atoms with Crippen LogP contribution in [-0.2, 0) is 4.74 Å². The fraction of sp³-hybridized carbons (Fsp3) is 0.917. The third-order valence-electron chi connectivity index (χ3n) is 3.58. The summed E-state index contributed by atoms with van der Waals surface area (Å²) in [6, 6.07) is 0. The van der Waals surface area contributed by atoms with E-state index in [0.717, 1.165) is 36.0 Å². The van der Waals surface area contributed by atoms with Gasteiger partial charge in [-0.15, -0.1) is 0 Å². The van der Waals surface area contributed by atoms with Crippen molar-refractivity contribution < 1.29 is 4.74 Å². The van der Waals surface area contributed by atoms with Gasteiger partial charge in [-0.25, -0.2) is 0 Å². The average Bonchev–Trinajstić information content (AvgIpc) is 3.08. The predicted molar refractivity (Wildman–Crippen MR) is 68.0 cm³/mol. The van der Waals surface area contributed by atoms with Crippen molar-refractivity contribution in [3.63, 3.8) is 0 Å². The molecule has 1 aliphatic carbocycles. The summed E-state index contributed by atoms with van der Waals surface area (Å²) in [6.45, 7) is 2.92. The molecule has 0 amide bonds. The zero-order chi connectivity index (χ0) is 10.8. The molecular formula is C12H20N2OS. The van der Waals surface area contributed by atoms with Gasteiger partial charge >= 0.3 is 0 Å². The summed E-state index contributed by atoms with van der Waals surface area (Å²) in [6.07, 6.45) is 7.01. The van der Waals surface area contributed by atoms with Crippen LogP contribution in [0.1, 0.15) is 32.1 Å². The number of thioether (sulfide) groups is 1. The van der Waals surface area contributed by atoms with Crippen LogP contribution in [-0.4, -0.2) is 36.2 Å². The maximum absolute atomic E-state index is 5.70. The highest BCUT2D eigenvalue weighted by molar-refractivity contribution is 8.14. The number of hydrogen-bond acceptors (Lipinski definition) is 4. The topological polar surface area (TPSA) is 33.6 Å². The Kier molecular flexibility index (Phi) is 3.38. The Bertz CT molecular complexity index is 272. The minimum absolute atomic E-state index is 0.414. The highest BCUT2D eigenvalue weighted by atomic mass is 32.2. The van der Waals surface area contributed by atoms with Gasteiger partial charge < -0.3 is 10.1 Å². The normalized spacial score (nSPS) is 34.9. The molecule has 16 heavy (non-hydrogen) atoms. The number of nitrogens with zero attached hydrogens (tertiary/aromatic N) is 1. The number of ether oxygens (including phenoxy) is 1. The standard InChI is InChI=1S/C12H20N2OS/c1-2-6-15-10(3-1)7-13-12-14-8-11(16-12)9-4-5-9/h9-11H,1-8H2,(H,13,14). The monoisotopic (exact) mass is 240 g/mol.